The molecule has 2 aromatic heterocycles. The predicted molar refractivity (Wildman–Crippen MR) is 109 cm³/mol. The first-order valence-electron chi connectivity index (χ1n) is 9.33. The molecule has 1 atom stereocenters. The van der Waals surface area contributed by atoms with Gasteiger partial charge in [-0.1, -0.05) is 23.8 Å². The Morgan fingerprint density at radius 1 is 1.19 bits per heavy atom. The number of hydrogen-bond donors (Lipinski definition) is 1. The molecule has 4 nitrogen and oxygen atoms in total. The van der Waals surface area contributed by atoms with E-state index in [1.807, 2.05) is 30.3 Å². The number of ether oxygens (including phenoxy) is 2. The summed E-state index contributed by atoms with van der Waals surface area (Å²) < 4.78 is 11.4. The van der Waals surface area contributed by atoms with Gasteiger partial charge in [0.15, 0.2) is 0 Å². The molecule has 3 aromatic rings. The summed E-state index contributed by atoms with van der Waals surface area (Å²) in [5.74, 6) is 2.15. The number of nitrogens with one attached hydrogen (secondary N) is 1. The van der Waals surface area contributed by atoms with Gasteiger partial charge in [-0.05, 0) is 61.7 Å². The van der Waals surface area contributed by atoms with Crippen molar-refractivity contribution in [3.63, 3.8) is 0 Å². The van der Waals surface area contributed by atoms with Crippen molar-refractivity contribution in [1.29, 1.82) is 0 Å². The van der Waals surface area contributed by atoms with Gasteiger partial charge in [0.1, 0.15) is 17.1 Å². The van der Waals surface area contributed by atoms with Gasteiger partial charge in [0.05, 0.1) is 19.1 Å². The lowest BCUT2D eigenvalue weighted by Crippen LogP contribution is -2.09. The second kappa shape index (κ2) is 7.70. The SMILES string of the molecule is COc1ccc(-c2cc3c(OCC4C=C(C)C=CCC4)ccnc3[nH]2)cc1. The third-order valence-electron chi connectivity index (χ3n) is 4.93. The molecular formula is C23H24N2O2. The Balaban J connectivity index is 1.56. The third-order valence-corrected chi connectivity index (χ3v) is 4.93. The summed E-state index contributed by atoms with van der Waals surface area (Å²) in [6, 6.07) is 12.0. The van der Waals surface area contributed by atoms with E-state index < -0.39 is 0 Å². The van der Waals surface area contributed by atoms with E-state index in [0.29, 0.717) is 12.5 Å². The number of allylic oxidation sites excluding steroid dienone is 3. The highest BCUT2D eigenvalue weighted by atomic mass is 16.5. The molecule has 1 aliphatic rings. The van der Waals surface area contributed by atoms with Gasteiger partial charge in [0, 0.05) is 17.8 Å². The molecule has 1 N–H and O–H groups in total. The molecule has 0 radical (unpaired) electrons. The van der Waals surface area contributed by atoms with E-state index in [-0.39, 0.29) is 0 Å². The van der Waals surface area contributed by atoms with Crippen molar-refractivity contribution in [2.24, 2.45) is 5.92 Å². The van der Waals surface area contributed by atoms with Crippen molar-refractivity contribution in [2.45, 2.75) is 19.8 Å². The Hall–Kier alpha value is -3.01. The maximum Gasteiger partial charge on any atom is 0.141 e. The van der Waals surface area contributed by atoms with Crippen LogP contribution < -0.4 is 9.47 Å². The van der Waals surface area contributed by atoms with Gasteiger partial charge in [-0.3, -0.25) is 0 Å². The maximum absolute atomic E-state index is 6.20. The highest BCUT2D eigenvalue weighted by Gasteiger charge is 2.12. The monoisotopic (exact) mass is 360 g/mol. The first kappa shape index (κ1) is 17.4. The Kier molecular flexibility index (Phi) is 4.97. The number of fused-ring (bicyclic) bond motifs is 1. The summed E-state index contributed by atoms with van der Waals surface area (Å²) in [6.07, 6.45) is 10.7. The number of H-pyrrole nitrogens is 1. The van der Waals surface area contributed by atoms with Gasteiger partial charge in [-0.15, -0.1) is 0 Å². The van der Waals surface area contributed by atoms with Crippen LogP contribution in [0.25, 0.3) is 22.3 Å². The van der Waals surface area contributed by atoms with Crippen molar-refractivity contribution in [1.82, 2.24) is 9.97 Å². The Labute approximate surface area is 159 Å². The largest absolute Gasteiger partial charge is 0.497 e. The number of benzene rings is 1. The molecule has 1 unspecified atom stereocenters. The van der Waals surface area contributed by atoms with Gasteiger partial charge < -0.3 is 14.5 Å². The van der Waals surface area contributed by atoms with Crippen LogP contribution in [-0.2, 0) is 0 Å². The lowest BCUT2D eigenvalue weighted by atomic mass is 10.0. The molecule has 138 valence electrons. The van der Waals surface area contributed by atoms with Crippen LogP contribution >= 0.6 is 0 Å². The summed E-state index contributed by atoms with van der Waals surface area (Å²) in [6.45, 7) is 2.83. The number of pyridine rings is 1. The van der Waals surface area contributed by atoms with Crippen LogP contribution in [-0.4, -0.2) is 23.7 Å². The molecule has 27 heavy (non-hydrogen) atoms. The average Bonchev–Trinajstić information content (AvgIpc) is 3.03. The van der Waals surface area contributed by atoms with E-state index in [2.05, 4.69) is 41.2 Å². The second-order valence-corrected chi connectivity index (χ2v) is 6.94. The lowest BCUT2D eigenvalue weighted by Gasteiger charge is -2.13. The standard InChI is InChI=1S/C23H24N2O2/c1-16-5-3-4-6-17(13-16)15-27-22-11-12-24-23-20(22)14-21(25-23)18-7-9-19(26-2)10-8-18/h3,5,7-14,17H,4,6,15H2,1-2H3,(H,24,25). The maximum atomic E-state index is 6.20. The van der Waals surface area contributed by atoms with Gasteiger partial charge in [-0.25, -0.2) is 4.98 Å². The van der Waals surface area contributed by atoms with Crippen LogP contribution in [0.5, 0.6) is 11.5 Å². The quantitative estimate of drug-likeness (QED) is 0.651. The average molecular weight is 360 g/mol. The number of rotatable bonds is 5. The molecular weight excluding hydrogens is 336 g/mol. The molecule has 0 bridgehead atoms. The topological polar surface area (TPSA) is 47.1 Å². The summed E-state index contributed by atoms with van der Waals surface area (Å²) >= 11 is 0. The Morgan fingerprint density at radius 2 is 2.04 bits per heavy atom. The fourth-order valence-electron chi connectivity index (χ4n) is 3.47. The van der Waals surface area contributed by atoms with Gasteiger partial charge in [0.25, 0.3) is 0 Å². The summed E-state index contributed by atoms with van der Waals surface area (Å²) in [5.41, 5.74) is 4.26. The van der Waals surface area contributed by atoms with Crippen LogP contribution in [0.1, 0.15) is 19.8 Å². The molecule has 0 saturated carbocycles. The molecule has 1 aliphatic carbocycles. The Morgan fingerprint density at radius 3 is 2.85 bits per heavy atom. The number of aromatic nitrogens is 2. The van der Waals surface area contributed by atoms with E-state index >= 15 is 0 Å². The molecule has 0 fully saturated rings. The van der Waals surface area contributed by atoms with E-state index in [4.69, 9.17) is 9.47 Å². The van der Waals surface area contributed by atoms with Crippen molar-refractivity contribution >= 4 is 11.0 Å². The molecule has 0 aliphatic heterocycles. The molecule has 0 amide bonds. The molecule has 4 rings (SSSR count). The van der Waals surface area contributed by atoms with Crippen LogP contribution in [0, 0.1) is 5.92 Å². The van der Waals surface area contributed by atoms with E-state index in [1.54, 1.807) is 13.3 Å². The Bertz CT molecular complexity index is 983. The van der Waals surface area contributed by atoms with Gasteiger partial charge >= 0.3 is 0 Å². The second-order valence-electron chi connectivity index (χ2n) is 6.94. The van der Waals surface area contributed by atoms with Crippen LogP contribution in [0.4, 0.5) is 0 Å². The number of methoxy groups -OCH3 is 1. The van der Waals surface area contributed by atoms with Crippen LogP contribution in [0.2, 0.25) is 0 Å². The van der Waals surface area contributed by atoms with E-state index in [9.17, 15) is 0 Å². The lowest BCUT2D eigenvalue weighted by molar-refractivity contribution is 0.272. The third kappa shape index (κ3) is 3.90. The molecule has 0 spiro atoms. The molecule has 1 aromatic carbocycles. The zero-order valence-corrected chi connectivity index (χ0v) is 15.7. The minimum Gasteiger partial charge on any atom is -0.497 e. The van der Waals surface area contributed by atoms with Crippen molar-refractivity contribution in [3.8, 4) is 22.8 Å². The zero-order chi connectivity index (χ0) is 18.6. The normalized spacial score (nSPS) is 16.8. The molecule has 0 saturated heterocycles. The fourth-order valence-corrected chi connectivity index (χ4v) is 3.47. The number of nitrogens with zero attached hydrogens (tertiary/aromatic N) is 1. The van der Waals surface area contributed by atoms with E-state index in [1.165, 1.54) is 5.57 Å². The number of hydrogen-bond acceptors (Lipinski definition) is 3. The smallest absolute Gasteiger partial charge is 0.141 e. The predicted octanol–water partition coefficient (Wildman–Crippen LogP) is 5.53. The van der Waals surface area contributed by atoms with Crippen LogP contribution in [0.15, 0.2) is 66.4 Å². The molecule has 2 heterocycles. The van der Waals surface area contributed by atoms with Crippen molar-refractivity contribution < 1.29 is 9.47 Å². The highest BCUT2D eigenvalue weighted by molar-refractivity contribution is 5.88. The number of aromatic amines is 1. The first-order chi connectivity index (χ1) is 13.2. The van der Waals surface area contributed by atoms with Gasteiger partial charge in [-0.2, -0.15) is 0 Å². The highest BCUT2D eigenvalue weighted by Crippen LogP contribution is 2.31. The minimum absolute atomic E-state index is 0.434. The zero-order valence-electron chi connectivity index (χ0n) is 15.7. The molecule has 4 heteroatoms. The fraction of sp³-hybridized carbons (Fsp3) is 0.261. The summed E-state index contributed by atoms with van der Waals surface area (Å²) in [7, 11) is 1.67. The van der Waals surface area contributed by atoms with Crippen molar-refractivity contribution in [3.05, 3.63) is 66.4 Å². The van der Waals surface area contributed by atoms with Crippen molar-refractivity contribution in [2.75, 3.05) is 13.7 Å². The van der Waals surface area contributed by atoms with E-state index in [0.717, 1.165) is 46.6 Å². The summed E-state index contributed by atoms with van der Waals surface area (Å²) in [4.78, 5) is 7.85. The van der Waals surface area contributed by atoms with Crippen LogP contribution in [0.3, 0.4) is 0 Å². The first-order valence-corrected chi connectivity index (χ1v) is 9.33. The minimum atomic E-state index is 0.434. The summed E-state index contributed by atoms with van der Waals surface area (Å²) in [5, 5.41) is 1.01. The van der Waals surface area contributed by atoms with Gasteiger partial charge in [0.2, 0.25) is 0 Å².